The molecule has 0 aromatic rings. The van der Waals surface area contributed by atoms with E-state index in [1.54, 1.807) is 7.11 Å². The molecule has 0 aliphatic heterocycles. The maximum absolute atomic E-state index is 4.95. The quantitative estimate of drug-likeness (QED) is 0.544. The third kappa shape index (κ3) is 4.70. The minimum atomic E-state index is 0.556. The van der Waals surface area contributed by atoms with Crippen LogP contribution in [-0.2, 0) is 4.74 Å². The van der Waals surface area contributed by atoms with Crippen molar-refractivity contribution in [3.8, 4) is 0 Å². The molecule has 0 aromatic heterocycles. The summed E-state index contributed by atoms with van der Waals surface area (Å²) >= 11 is 0. The molecule has 0 bridgehead atoms. The molecule has 3 nitrogen and oxygen atoms in total. The summed E-state index contributed by atoms with van der Waals surface area (Å²) in [5.74, 6) is 0. The molecule has 1 rings (SSSR count). The Kier molecular flexibility index (Phi) is 4.58. The predicted molar refractivity (Wildman–Crippen MR) is 50.4 cm³/mol. The van der Waals surface area contributed by atoms with Crippen molar-refractivity contribution in [2.45, 2.75) is 31.8 Å². The van der Waals surface area contributed by atoms with Gasteiger partial charge in [0.1, 0.15) is 0 Å². The second-order valence-electron chi connectivity index (χ2n) is 3.53. The molecule has 1 fully saturated rings. The van der Waals surface area contributed by atoms with Crippen LogP contribution in [0, 0.1) is 0 Å². The number of hydrogen-bond donors (Lipinski definition) is 2. The summed E-state index contributed by atoms with van der Waals surface area (Å²) < 4.78 is 4.95. The first kappa shape index (κ1) is 9.96. The highest BCUT2D eigenvalue weighted by Crippen LogP contribution is 2.18. The van der Waals surface area contributed by atoms with E-state index in [9.17, 15) is 0 Å². The van der Waals surface area contributed by atoms with Crippen LogP contribution in [-0.4, -0.2) is 38.9 Å². The maximum atomic E-state index is 4.95. The Hall–Kier alpha value is -0.120. The molecular weight excluding hydrogens is 152 g/mol. The molecule has 72 valence electrons. The molecule has 1 unspecified atom stereocenters. The Morgan fingerprint density at radius 1 is 1.50 bits per heavy atom. The second-order valence-corrected chi connectivity index (χ2v) is 3.53. The minimum absolute atomic E-state index is 0.556. The van der Waals surface area contributed by atoms with E-state index in [-0.39, 0.29) is 0 Å². The number of methoxy groups -OCH3 is 1. The molecule has 0 amide bonds. The van der Waals surface area contributed by atoms with Gasteiger partial charge in [-0.25, -0.2) is 0 Å². The zero-order chi connectivity index (χ0) is 8.81. The van der Waals surface area contributed by atoms with Gasteiger partial charge in [-0.1, -0.05) is 0 Å². The zero-order valence-corrected chi connectivity index (χ0v) is 8.10. The third-order valence-electron chi connectivity index (χ3n) is 2.09. The van der Waals surface area contributed by atoms with Crippen LogP contribution in [0.15, 0.2) is 0 Å². The van der Waals surface area contributed by atoms with Gasteiger partial charge in [0, 0.05) is 32.3 Å². The number of rotatable bonds is 7. The van der Waals surface area contributed by atoms with Gasteiger partial charge in [-0.2, -0.15) is 0 Å². The number of hydrogen-bond acceptors (Lipinski definition) is 3. The Morgan fingerprint density at radius 2 is 2.25 bits per heavy atom. The molecule has 0 heterocycles. The van der Waals surface area contributed by atoms with Crippen molar-refractivity contribution < 1.29 is 4.74 Å². The normalized spacial score (nSPS) is 19.5. The number of nitrogens with one attached hydrogen (secondary N) is 2. The molecule has 0 spiro atoms. The van der Waals surface area contributed by atoms with Crippen LogP contribution in [0.2, 0.25) is 0 Å². The summed E-state index contributed by atoms with van der Waals surface area (Å²) in [6, 6.07) is 1.37. The standard InChI is InChI=1S/C9H20N2O/c1-8(10-5-6-12-2)7-11-9-3-4-9/h8-11H,3-7H2,1-2H3. The summed E-state index contributed by atoms with van der Waals surface area (Å²) in [7, 11) is 1.73. The van der Waals surface area contributed by atoms with Crippen LogP contribution in [0.3, 0.4) is 0 Å². The van der Waals surface area contributed by atoms with E-state index < -0.39 is 0 Å². The Morgan fingerprint density at radius 3 is 2.83 bits per heavy atom. The lowest BCUT2D eigenvalue weighted by Gasteiger charge is -2.13. The highest BCUT2D eigenvalue weighted by atomic mass is 16.5. The largest absolute Gasteiger partial charge is 0.383 e. The lowest BCUT2D eigenvalue weighted by Crippen LogP contribution is -2.38. The first-order valence-corrected chi connectivity index (χ1v) is 4.78. The zero-order valence-electron chi connectivity index (χ0n) is 8.10. The van der Waals surface area contributed by atoms with Crippen LogP contribution in [0.5, 0.6) is 0 Å². The van der Waals surface area contributed by atoms with E-state index in [4.69, 9.17) is 4.74 Å². The molecule has 1 atom stereocenters. The van der Waals surface area contributed by atoms with Gasteiger partial charge >= 0.3 is 0 Å². The Labute approximate surface area is 74.9 Å². The van der Waals surface area contributed by atoms with Gasteiger partial charge in [0.25, 0.3) is 0 Å². The maximum Gasteiger partial charge on any atom is 0.0587 e. The van der Waals surface area contributed by atoms with E-state index >= 15 is 0 Å². The van der Waals surface area contributed by atoms with Gasteiger partial charge in [-0.15, -0.1) is 0 Å². The molecular formula is C9H20N2O. The van der Waals surface area contributed by atoms with Crippen LogP contribution < -0.4 is 10.6 Å². The van der Waals surface area contributed by atoms with Gasteiger partial charge in [0.15, 0.2) is 0 Å². The van der Waals surface area contributed by atoms with Crippen LogP contribution in [0.4, 0.5) is 0 Å². The fraction of sp³-hybridized carbons (Fsp3) is 1.00. The van der Waals surface area contributed by atoms with Gasteiger partial charge in [-0.3, -0.25) is 0 Å². The smallest absolute Gasteiger partial charge is 0.0587 e. The first-order chi connectivity index (χ1) is 5.83. The van der Waals surface area contributed by atoms with Crippen molar-refractivity contribution in [2.24, 2.45) is 0 Å². The summed E-state index contributed by atoms with van der Waals surface area (Å²) in [5, 5.41) is 6.86. The average molecular weight is 172 g/mol. The SMILES string of the molecule is COCCNC(C)CNC1CC1. The van der Waals surface area contributed by atoms with E-state index in [0.29, 0.717) is 6.04 Å². The number of ether oxygens (including phenoxy) is 1. The molecule has 1 saturated carbocycles. The predicted octanol–water partition coefficient (Wildman–Crippen LogP) is 0.363. The fourth-order valence-electron chi connectivity index (χ4n) is 1.11. The Balaban J connectivity index is 1.84. The van der Waals surface area contributed by atoms with Gasteiger partial charge in [0.05, 0.1) is 6.61 Å². The van der Waals surface area contributed by atoms with E-state index in [1.807, 2.05) is 0 Å². The highest BCUT2D eigenvalue weighted by Gasteiger charge is 2.20. The topological polar surface area (TPSA) is 33.3 Å². The molecule has 0 saturated heterocycles. The molecule has 3 heteroatoms. The van der Waals surface area contributed by atoms with Crippen molar-refractivity contribution in [3.05, 3.63) is 0 Å². The van der Waals surface area contributed by atoms with Crippen molar-refractivity contribution in [1.82, 2.24) is 10.6 Å². The molecule has 0 aromatic carbocycles. The van der Waals surface area contributed by atoms with E-state index in [2.05, 4.69) is 17.6 Å². The molecule has 12 heavy (non-hydrogen) atoms. The average Bonchev–Trinajstić information content (AvgIpc) is 2.84. The van der Waals surface area contributed by atoms with Crippen molar-refractivity contribution in [2.75, 3.05) is 26.8 Å². The molecule has 1 aliphatic carbocycles. The minimum Gasteiger partial charge on any atom is -0.383 e. The monoisotopic (exact) mass is 172 g/mol. The summed E-state index contributed by atoms with van der Waals surface area (Å²) in [5.41, 5.74) is 0. The lowest BCUT2D eigenvalue weighted by molar-refractivity contribution is 0.196. The lowest BCUT2D eigenvalue weighted by atomic mass is 10.3. The first-order valence-electron chi connectivity index (χ1n) is 4.78. The highest BCUT2D eigenvalue weighted by molar-refractivity contribution is 4.82. The van der Waals surface area contributed by atoms with Crippen LogP contribution in [0.25, 0.3) is 0 Å². The van der Waals surface area contributed by atoms with Crippen molar-refractivity contribution >= 4 is 0 Å². The summed E-state index contributed by atoms with van der Waals surface area (Å²) in [4.78, 5) is 0. The molecule has 0 radical (unpaired) electrons. The van der Waals surface area contributed by atoms with Crippen LogP contribution >= 0.6 is 0 Å². The van der Waals surface area contributed by atoms with Gasteiger partial charge in [0.2, 0.25) is 0 Å². The molecule has 1 aliphatic rings. The second kappa shape index (κ2) is 5.51. The Bertz CT molecular complexity index is 115. The van der Waals surface area contributed by atoms with Crippen molar-refractivity contribution in [1.29, 1.82) is 0 Å². The third-order valence-corrected chi connectivity index (χ3v) is 2.09. The van der Waals surface area contributed by atoms with E-state index in [0.717, 1.165) is 25.7 Å². The summed E-state index contributed by atoms with van der Waals surface area (Å²) in [6.07, 6.45) is 2.73. The molecule has 2 N–H and O–H groups in total. The van der Waals surface area contributed by atoms with E-state index in [1.165, 1.54) is 12.8 Å². The van der Waals surface area contributed by atoms with Gasteiger partial charge in [-0.05, 0) is 19.8 Å². The van der Waals surface area contributed by atoms with Gasteiger partial charge < -0.3 is 15.4 Å². The van der Waals surface area contributed by atoms with Crippen LogP contribution in [0.1, 0.15) is 19.8 Å². The summed E-state index contributed by atoms with van der Waals surface area (Å²) in [6.45, 7) is 5.03. The van der Waals surface area contributed by atoms with Crippen molar-refractivity contribution in [3.63, 3.8) is 0 Å². The fourth-order valence-corrected chi connectivity index (χ4v) is 1.11.